The number of hydrogen-bond acceptors (Lipinski definition) is 2. The number of para-hydroxylation sites is 1. The first-order valence-electron chi connectivity index (χ1n) is 9.76. The normalized spacial score (nSPS) is 14.6. The second kappa shape index (κ2) is 7.02. The summed E-state index contributed by atoms with van der Waals surface area (Å²) in [5.41, 5.74) is 7.08. The molecule has 0 spiro atoms. The predicted octanol–water partition coefficient (Wildman–Crippen LogP) is 6.32. The van der Waals surface area contributed by atoms with Crippen LogP contribution in [0.3, 0.4) is 0 Å². The Morgan fingerprint density at radius 2 is 1.69 bits per heavy atom. The zero-order valence-electron chi connectivity index (χ0n) is 16.8. The highest BCUT2D eigenvalue weighted by atomic mass is 32.1. The van der Waals surface area contributed by atoms with Crippen LogP contribution in [0.25, 0.3) is 27.6 Å². The third kappa shape index (κ3) is 3.18. The maximum atomic E-state index is 6.38. The van der Waals surface area contributed by atoms with Gasteiger partial charge in [-0.2, -0.15) is 4.57 Å². The largest absolute Gasteiger partial charge is 0.456 e. The fourth-order valence-corrected chi connectivity index (χ4v) is 5.01. The molecular formula is C26H22NOS+. The van der Waals surface area contributed by atoms with E-state index < -0.39 is 0 Å². The molecule has 1 aliphatic rings. The van der Waals surface area contributed by atoms with Crippen LogP contribution in [-0.2, 0) is 7.05 Å². The predicted molar refractivity (Wildman–Crippen MR) is 122 cm³/mol. The monoisotopic (exact) mass is 396 g/mol. The van der Waals surface area contributed by atoms with E-state index in [0.29, 0.717) is 0 Å². The molecule has 0 fully saturated rings. The third-order valence-corrected chi connectivity index (χ3v) is 6.50. The molecule has 3 heteroatoms. The van der Waals surface area contributed by atoms with Crippen LogP contribution in [0.15, 0.2) is 72.8 Å². The number of allylic oxidation sites excluding steroid dienone is 2. The number of thiazole rings is 1. The molecule has 2 heterocycles. The smallest absolute Gasteiger partial charge is 0.263 e. The lowest BCUT2D eigenvalue weighted by atomic mass is 9.95. The Bertz CT molecular complexity index is 1300. The highest BCUT2D eigenvalue weighted by Crippen LogP contribution is 2.41. The van der Waals surface area contributed by atoms with Gasteiger partial charge in [0.25, 0.3) is 5.01 Å². The van der Waals surface area contributed by atoms with Gasteiger partial charge < -0.3 is 4.74 Å². The molecule has 0 saturated heterocycles. The maximum Gasteiger partial charge on any atom is 0.263 e. The van der Waals surface area contributed by atoms with Gasteiger partial charge in [0.15, 0.2) is 0 Å². The van der Waals surface area contributed by atoms with Gasteiger partial charge in [-0.3, -0.25) is 0 Å². The number of ether oxygens (including phenoxy) is 1. The molecule has 4 aromatic rings. The van der Waals surface area contributed by atoms with Crippen molar-refractivity contribution in [3.05, 3.63) is 100 Å². The molecule has 0 radical (unpaired) electrons. The van der Waals surface area contributed by atoms with Crippen molar-refractivity contribution in [1.82, 2.24) is 0 Å². The van der Waals surface area contributed by atoms with Gasteiger partial charge in [0.05, 0.1) is 0 Å². The molecule has 5 rings (SSSR count). The van der Waals surface area contributed by atoms with Gasteiger partial charge in [-0.1, -0.05) is 59.9 Å². The van der Waals surface area contributed by atoms with Crippen LogP contribution >= 0.6 is 11.3 Å². The van der Waals surface area contributed by atoms with Crippen LogP contribution in [0.2, 0.25) is 0 Å². The third-order valence-electron chi connectivity index (χ3n) is 5.34. The number of benzene rings is 3. The summed E-state index contributed by atoms with van der Waals surface area (Å²) >= 11 is 1.81. The molecule has 0 N–H and O–H groups in total. The van der Waals surface area contributed by atoms with Crippen LogP contribution in [0.1, 0.15) is 27.3 Å². The fraction of sp³-hybridized carbons (Fsp3) is 0.115. The average molecular weight is 397 g/mol. The number of aryl methyl sites for hydroxylation is 3. The minimum absolute atomic E-state index is 0.889. The SMILES string of the molecule is Cc1cc(C)c2c(c1)C(=Cc1sc3ccccc3[n+]1C)C=C(c1ccccc1)O2. The van der Waals surface area contributed by atoms with Crippen LogP contribution in [-0.4, -0.2) is 0 Å². The van der Waals surface area contributed by atoms with Crippen molar-refractivity contribution in [1.29, 1.82) is 0 Å². The van der Waals surface area contributed by atoms with Gasteiger partial charge in [-0.25, -0.2) is 0 Å². The van der Waals surface area contributed by atoms with Crippen molar-refractivity contribution >= 4 is 39.0 Å². The van der Waals surface area contributed by atoms with E-state index in [4.69, 9.17) is 4.74 Å². The van der Waals surface area contributed by atoms with Gasteiger partial charge in [0.1, 0.15) is 23.3 Å². The van der Waals surface area contributed by atoms with E-state index in [1.807, 2.05) is 29.5 Å². The Balaban J connectivity index is 1.73. The number of hydrogen-bond donors (Lipinski definition) is 0. The van der Waals surface area contributed by atoms with Gasteiger partial charge in [0, 0.05) is 23.3 Å². The minimum Gasteiger partial charge on any atom is -0.456 e. The van der Waals surface area contributed by atoms with E-state index >= 15 is 0 Å². The summed E-state index contributed by atoms with van der Waals surface area (Å²) in [6.07, 6.45) is 4.45. The van der Waals surface area contributed by atoms with Crippen LogP contribution in [0.4, 0.5) is 0 Å². The lowest BCUT2D eigenvalue weighted by Gasteiger charge is -2.22. The van der Waals surface area contributed by atoms with Crippen LogP contribution in [0, 0.1) is 13.8 Å². The number of nitrogens with zero attached hydrogens (tertiary/aromatic N) is 1. The van der Waals surface area contributed by atoms with Gasteiger partial charge in [0.2, 0.25) is 5.52 Å². The van der Waals surface area contributed by atoms with Crippen molar-refractivity contribution < 1.29 is 9.30 Å². The number of rotatable bonds is 2. The molecule has 3 aromatic carbocycles. The van der Waals surface area contributed by atoms with E-state index in [1.165, 1.54) is 26.4 Å². The van der Waals surface area contributed by atoms with Gasteiger partial charge in [-0.15, -0.1) is 0 Å². The quantitative estimate of drug-likeness (QED) is 0.362. The highest BCUT2D eigenvalue weighted by molar-refractivity contribution is 7.18. The van der Waals surface area contributed by atoms with Crippen molar-refractivity contribution in [2.75, 3.05) is 0 Å². The first-order valence-corrected chi connectivity index (χ1v) is 10.6. The zero-order chi connectivity index (χ0) is 20.0. The molecule has 0 unspecified atom stereocenters. The average Bonchev–Trinajstić information content (AvgIpc) is 3.05. The topological polar surface area (TPSA) is 13.1 Å². The standard InChI is InChI=1S/C26H22NOS/c1-17-13-18(2)26-21(14-17)20(15-23(28-26)19-9-5-4-6-10-19)16-25-27(3)22-11-7-8-12-24(22)29-25/h4-16H,1-3H3/q+1. The summed E-state index contributed by atoms with van der Waals surface area (Å²) < 4.78 is 9.94. The summed E-state index contributed by atoms with van der Waals surface area (Å²) in [6.45, 7) is 4.26. The Hall–Kier alpha value is -3.17. The Morgan fingerprint density at radius 1 is 0.931 bits per heavy atom. The molecule has 142 valence electrons. The molecule has 0 atom stereocenters. The summed E-state index contributed by atoms with van der Waals surface area (Å²) in [4.78, 5) is 0. The molecule has 0 saturated carbocycles. The second-order valence-corrected chi connectivity index (χ2v) is 8.56. The molecular weight excluding hydrogens is 374 g/mol. The first kappa shape index (κ1) is 17.9. The summed E-state index contributed by atoms with van der Waals surface area (Å²) in [5, 5.41) is 1.22. The zero-order valence-corrected chi connectivity index (χ0v) is 17.6. The van der Waals surface area contributed by atoms with Crippen molar-refractivity contribution in [3.8, 4) is 5.75 Å². The van der Waals surface area contributed by atoms with Gasteiger partial charge >= 0.3 is 0 Å². The molecule has 0 bridgehead atoms. The highest BCUT2D eigenvalue weighted by Gasteiger charge is 2.23. The van der Waals surface area contributed by atoms with Crippen molar-refractivity contribution in [2.24, 2.45) is 7.05 Å². The van der Waals surface area contributed by atoms with Crippen LogP contribution in [0.5, 0.6) is 5.75 Å². The van der Waals surface area contributed by atoms with E-state index in [-0.39, 0.29) is 0 Å². The molecule has 0 aliphatic carbocycles. The Labute approximate surface area is 175 Å². The van der Waals surface area contributed by atoms with E-state index in [2.05, 4.69) is 86.1 Å². The summed E-state index contributed by atoms with van der Waals surface area (Å²) in [6, 6.07) is 23.3. The van der Waals surface area contributed by atoms with Crippen molar-refractivity contribution in [2.45, 2.75) is 13.8 Å². The number of aromatic nitrogens is 1. The minimum atomic E-state index is 0.889. The second-order valence-electron chi connectivity index (χ2n) is 7.50. The molecule has 0 amide bonds. The lowest BCUT2D eigenvalue weighted by molar-refractivity contribution is -0.642. The summed E-state index contributed by atoms with van der Waals surface area (Å²) in [7, 11) is 2.13. The molecule has 1 aliphatic heterocycles. The van der Waals surface area contributed by atoms with Gasteiger partial charge in [-0.05, 0) is 48.8 Å². The van der Waals surface area contributed by atoms with E-state index in [1.54, 1.807) is 0 Å². The van der Waals surface area contributed by atoms with Crippen molar-refractivity contribution in [3.63, 3.8) is 0 Å². The van der Waals surface area contributed by atoms with E-state index in [0.717, 1.165) is 28.2 Å². The van der Waals surface area contributed by atoms with Crippen LogP contribution < -0.4 is 9.30 Å². The Morgan fingerprint density at radius 3 is 2.48 bits per heavy atom. The first-order chi connectivity index (χ1) is 14.1. The molecule has 1 aromatic heterocycles. The maximum absolute atomic E-state index is 6.38. The molecule has 29 heavy (non-hydrogen) atoms. The molecule has 2 nitrogen and oxygen atoms in total. The van der Waals surface area contributed by atoms with E-state index in [9.17, 15) is 0 Å². The lowest BCUT2D eigenvalue weighted by Crippen LogP contribution is -2.28. The summed E-state index contributed by atoms with van der Waals surface area (Å²) in [5.74, 6) is 1.84. The Kier molecular flexibility index (Phi) is 4.33. The number of fused-ring (bicyclic) bond motifs is 2. The fourth-order valence-electron chi connectivity index (χ4n) is 3.91.